The van der Waals surface area contributed by atoms with Gasteiger partial charge in [0.15, 0.2) is 0 Å². The number of aromatic nitrogens is 1. The fraction of sp³-hybridized carbons (Fsp3) is 0.476. The topological polar surface area (TPSA) is 156 Å². The van der Waals surface area contributed by atoms with E-state index in [0.717, 1.165) is 16.5 Å². The Kier molecular flexibility index (Phi) is 6.16. The molecule has 4 N–H and O–H groups in total. The molecule has 11 nitrogen and oxygen atoms in total. The highest BCUT2D eigenvalue weighted by molar-refractivity contribution is 7.84. The summed E-state index contributed by atoms with van der Waals surface area (Å²) < 4.78 is 44.0. The SMILES string of the molecule is CCC1CC1(NC(=O)C1CC(Oc2nccc3cc(OC)ccc23)CN1)C(=O)NS(=O)(=O)O. The van der Waals surface area contributed by atoms with Gasteiger partial charge in [0.1, 0.15) is 17.4 Å². The van der Waals surface area contributed by atoms with Crippen LogP contribution in [0.3, 0.4) is 0 Å². The average Bonchev–Trinajstić information content (AvgIpc) is 3.29. The standard InChI is InChI=1S/C21H26N4O7S/c1-3-13-10-21(13,20(27)25-33(28,29)30)24-18(26)17-9-15(11-23-17)32-19-16-5-4-14(31-2)8-12(16)6-7-22-19/h4-8,13,15,17,23H,3,9-11H2,1-2H3,(H,24,26)(H,25,27)(H,28,29,30). The molecule has 1 saturated heterocycles. The van der Waals surface area contributed by atoms with Gasteiger partial charge in [-0.2, -0.15) is 8.42 Å². The van der Waals surface area contributed by atoms with E-state index in [1.165, 1.54) is 0 Å². The third-order valence-electron chi connectivity index (χ3n) is 6.19. The zero-order chi connectivity index (χ0) is 23.8. The van der Waals surface area contributed by atoms with Crippen LogP contribution in [-0.4, -0.2) is 61.1 Å². The van der Waals surface area contributed by atoms with Gasteiger partial charge in [-0.25, -0.2) is 9.71 Å². The first kappa shape index (κ1) is 23.2. The molecule has 0 spiro atoms. The molecule has 2 heterocycles. The quantitative estimate of drug-likeness (QED) is 0.398. The van der Waals surface area contributed by atoms with Crippen LogP contribution in [-0.2, 0) is 19.9 Å². The van der Waals surface area contributed by atoms with E-state index in [9.17, 15) is 18.0 Å². The van der Waals surface area contributed by atoms with Crippen molar-refractivity contribution in [1.29, 1.82) is 0 Å². The summed E-state index contributed by atoms with van der Waals surface area (Å²) in [6.07, 6.45) is 2.52. The summed E-state index contributed by atoms with van der Waals surface area (Å²) in [6, 6.07) is 6.78. The lowest BCUT2D eigenvalue weighted by atomic mass is 10.1. The van der Waals surface area contributed by atoms with E-state index in [0.29, 0.717) is 31.7 Å². The minimum Gasteiger partial charge on any atom is -0.497 e. The number of carbonyl (C=O) groups excluding carboxylic acids is 2. The number of rotatable bonds is 8. The number of nitrogens with one attached hydrogen (secondary N) is 3. The Hall–Kier alpha value is -2.96. The van der Waals surface area contributed by atoms with E-state index >= 15 is 0 Å². The Bertz CT molecular complexity index is 1190. The largest absolute Gasteiger partial charge is 0.497 e. The van der Waals surface area contributed by atoms with Gasteiger partial charge in [0, 0.05) is 24.5 Å². The van der Waals surface area contributed by atoms with Crippen molar-refractivity contribution >= 4 is 32.9 Å². The van der Waals surface area contributed by atoms with Crippen LogP contribution in [0.2, 0.25) is 0 Å². The number of pyridine rings is 1. The van der Waals surface area contributed by atoms with E-state index in [1.807, 2.05) is 31.2 Å². The molecule has 2 aromatic rings. The van der Waals surface area contributed by atoms with Crippen molar-refractivity contribution in [3.8, 4) is 11.6 Å². The Morgan fingerprint density at radius 1 is 1.33 bits per heavy atom. The summed E-state index contributed by atoms with van der Waals surface area (Å²) in [4.78, 5) is 29.6. The number of carbonyl (C=O) groups is 2. The van der Waals surface area contributed by atoms with Gasteiger partial charge in [0.25, 0.3) is 5.91 Å². The number of nitrogens with zero attached hydrogens (tertiary/aromatic N) is 1. The van der Waals surface area contributed by atoms with Crippen molar-refractivity contribution in [2.45, 2.75) is 43.9 Å². The third kappa shape index (κ3) is 4.87. The van der Waals surface area contributed by atoms with Gasteiger partial charge >= 0.3 is 10.3 Å². The van der Waals surface area contributed by atoms with Crippen LogP contribution in [0.1, 0.15) is 26.2 Å². The Balaban J connectivity index is 1.41. The molecule has 2 aliphatic rings. The molecule has 2 fully saturated rings. The van der Waals surface area contributed by atoms with Crippen molar-refractivity contribution in [3.05, 3.63) is 30.5 Å². The fourth-order valence-corrected chi connectivity index (χ4v) is 4.74. The smallest absolute Gasteiger partial charge is 0.359 e. The third-order valence-corrected chi connectivity index (χ3v) is 6.63. The highest BCUT2D eigenvalue weighted by Gasteiger charge is 2.61. The Morgan fingerprint density at radius 3 is 2.79 bits per heavy atom. The van der Waals surface area contributed by atoms with Crippen molar-refractivity contribution in [3.63, 3.8) is 0 Å². The van der Waals surface area contributed by atoms with Gasteiger partial charge in [0.2, 0.25) is 11.8 Å². The van der Waals surface area contributed by atoms with Crippen LogP contribution in [0, 0.1) is 5.92 Å². The molecule has 33 heavy (non-hydrogen) atoms. The van der Waals surface area contributed by atoms with Gasteiger partial charge in [-0.15, -0.1) is 0 Å². The van der Waals surface area contributed by atoms with Gasteiger partial charge in [0.05, 0.1) is 13.2 Å². The monoisotopic (exact) mass is 478 g/mol. The molecule has 1 saturated carbocycles. The number of methoxy groups -OCH3 is 1. The first-order valence-corrected chi connectivity index (χ1v) is 12.0. The van der Waals surface area contributed by atoms with Crippen LogP contribution in [0.25, 0.3) is 10.8 Å². The molecule has 4 atom stereocenters. The van der Waals surface area contributed by atoms with Gasteiger partial charge < -0.3 is 20.1 Å². The summed E-state index contributed by atoms with van der Waals surface area (Å²) in [5.41, 5.74) is -1.35. The minimum atomic E-state index is -4.72. The van der Waals surface area contributed by atoms with E-state index in [1.54, 1.807) is 18.0 Å². The number of amides is 2. The van der Waals surface area contributed by atoms with Gasteiger partial charge in [-0.1, -0.05) is 13.3 Å². The number of hydrogen-bond acceptors (Lipinski definition) is 8. The maximum absolute atomic E-state index is 12.9. The molecule has 4 rings (SSSR count). The summed E-state index contributed by atoms with van der Waals surface area (Å²) in [5.74, 6) is -0.422. The maximum Gasteiger partial charge on any atom is 0.359 e. The van der Waals surface area contributed by atoms with Crippen LogP contribution in [0.5, 0.6) is 11.6 Å². The van der Waals surface area contributed by atoms with Crippen molar-refractivity contribution < 1.29 is 32.0 Å². The van der Waals surface area contributed by atoms with Crippen molar-refractivity contribution in [1.82, 2.24) is 20.3 Å². The highest BCUT2D eigenvalue weighted by Crippen LogP contribution is 2.46. The summed E-state index contributed by atoms with van der Waals surface area (Å²) in [5, 5.41) is 7.49. The summed E-state index contributed by atoms with van der Waals surface area (Å²) >= 11 is 0. The molecule has 1 aromatic carbocycles. The number of benzene rings is 1. The molecular weight excluding hydrogens is 452 g/mol. The van der Waals surface area contributed by atoms with Gasteiger partial charge in [-0.05, 0) is 42.0 Å². The Labute approximate surface area is 191 Å². The predicted molar refractivity (Wildman–Crippen MR) is 118 cm³/mol. The van der Waals surface area contributed by atoms with Gasteiger partial charge in [-0.3, -0.25) is 14.1 Å². The zero-order valence-electron chi connectivity index (χ0n) is 18.2. The summed E-state index contributed by atoms with van der Waals surface area (Å²) in [6.45, 7) is 2.23. The maximum atomic E-state index is 12.9. The molecule has 4 unspecified atom stereocenters. The number of fused-ring (bicyclic) bond motifs is 1. The second kappa shape index (κ2) is 8.76. The second-order valence-electron chi connectivity index (χ2n) is 8.32. The fourth-order valence-electron chi connectivity index (χ4n) is 4.33. The van der Waals surface area contributed by atoms with E-state index in [4.69, 9.17) is 14.0 Å². The minimum absolute atomic E-state index is 0.214. The van der Waals surface area contributed by atoms with Crippen molar-refractivity contribution in [2.24, 2.45) is 5.92 Å². The van der Waals surface area contributed by atoms with Crippen molar-refractivity contribution in [2.75, 3.05) is 13.7 Å². The first-order valence-electron chi connectivity index (χ1n) is 10.6. The second-order valence-corrected chi connectivity index (χ2v) is 9.47. The van der Waals surface area contributed by atoms with Crippen LogP contribution >= 0.6 is 0 Å². The molecule has 2 amide bonds. The van der Waals surface area contributed by atoms with E-state index < -0.39 is 33.7 Å². The number of hydrogen-bond donors (Lipinski definition) is 4. The van der Waals surface area contributed by atoms with Crippen LogP contribution < -0.4 is 24.8 Å². The van der Waals surface area contributed by atoms with Crippen LogP contribution in [0.4, 0.5) is 0 Å². The molecule has 178 valence electrons. The lowest BCUT2D eigenvalue weighted by Gasteiger charge is -2.20. The predicted octanol–water partition coefficient (Wildman–Crippen LogP) is 0.557. The molecule has 0 bridgehead atoms. The zero-order valence-corrected chi connectivity index (χ0v) is 19.0. The molecule has 12 heteroatoms. The molecule has 1 aliphatic carbocycles. The normalized spacial score (nSPS) is 26.6. The van der Waals surface area contributed by atoms with E-state index in [2.05, 4.69) is 15.6 Å². The Morgan fingerprint density at radius 2 is 2.12 bits per heavy atom. The molecule has 1 aliphatic heterocycles. The molecule has 1 aromatic heterocycles. The lowest BCUT2D eigenvalue weighted by Crippen LogP contribution is -2.55. The highest BCUT2D eigenvalue weighted by atomic mass is 32.2. The molecule has 0 radical (unpaired) electrons. The lowest BCUT2D eigenvalue weighted by molar-refractivity contribution is -0.130. The summed E-state index contributed by atoms with van der Waals surface area (Å²) in [7, 11) is -3.13. The number of ether oxygens (including phenoxy) is 2. The molecular formula is C21H26N4O7S. The average molecular weight is 479 g/mol. The van der Waals surface area contributed by atoms with Crippen LogP contribution in [0.15, 0.2) is 30.5 Å². The van der Waals surface area contributed by atoms with E-state index in [-0.39, 0.29) is 12.0 Å². The first-order chi connectivity index (χ1) is 15.6.